The summed E-state index contributed by atoms with van der Waals surface area (Å²) < 4.78 is 44.9. The number of anilines is 3. The minimum absolute atomic E-state index is 0.107. The second-order valence-electron chi connectivity index (χ2n) is 8.28. The van der Waals surface area contributed by atoms with Crippen molar-refractivity contribution in [1.29, 1.82) is 0 Å². The molecule has 3 aliphatic heterocycles. The van der Waals surface area contributed by atoms with Gasteiger partial charge >= 0.3 is 6.18 Å². The third-order valence-corrected chi connectivity index (χ3v) is 6.04. The van der Waals surface area contributed by atoms with Crippen molar-refractivity contribution >= 4 is 17.6 Å². The Morgan fingerprint density at radius 3 is 2.70 bits per heavy atom. The number of nitrogens with zero attached hydrogens (tertiary/aromatic N) is 5. The zero-order valence-electron chi connectivity index (χ0n) is 16.6. The largest absolute Gasteiger partial charge is 0.416 e. The molecule has 3 atom stereocenters. The van der Waals surface area contributed by atoms with Gasteiger partial charge in [0.05, 0.1) is 30.0 Å². The number of alkyl halides is 3. The Morgan fingerprint density at radius 1 is 1.17 bits per heavy atom. The van der Waals surface area contributed by atoms with Crippen molar-refractivity contribution in [2.45, 2.75) is 37.1 Å². The van der Waals surface area contributed by atoms with E-state index in [1.807, 2.05) is 6.07 Å². The van der Waals surface area contributed by atoms with Gasteiger partial charge in [0.15, 0.2) is 0 Å². The lowest BCUT2D eigenvalue weighted by atomic mass is 10.0. The first kappa shape index (κ1) is 19.5. The van der Waals surface area contributed by atoms with E-state index in [0.717, 1.165) is 56.5 Å². The van der Waals surface area contributed by atoms with Crippen LogP contribution < -0.4 is 10.2 Å². The molecule has 5 heterocycles. The number of hydrogen-bond acceptors (Lipinski definition) is 7. The lowest BCUT2D eigenvalue weighted by Gasteiger charge is -2.28. The second kappa shape index (κ2) is 7.35. The van der Waals surface area contributed by atoms with Crippen LogP contribution in [0.4, 0.5) is 30.8 Å². The molecule has 0 spiro atoms. The fourth-order valence-corrected chi connectivity index (χ4v) is 4.48. The summed E-state index contributed by atoms with van der Waals surface area (Å²) in [7, 11) is 2.07. The number of ether oxygens (including phenoxy) is 1. The number of halogens is 3. The lowest BCUT2D eigenvalue weighted by molar-refractivity contribution is -0.137. The lowest BCUT2D eigenvalue weighted by Crippen LogP contribution is -2.38. The smallest absolute Gasteiger partial charge is 0.374 e. The highest BCUT2D eigenvalue weighted by molar-refractivity contribution is 5.56. The maximum atomic E-state index is 13.1. The van der Waals surface area contributed by atoms with Gasteiger partial charge in [-0.15, -0.1) is 0 Å². The van der Waals surface area contributed by atoms with E-state index in [0.29, 0.717) is 18.4 Å². The molecule has 2 bridgehead atoms. The van der Waals surface area contributed by atoms with Crippen LogP contribution in [-0.4, -0.2) is 65.3 Å². The Labute approximate surface area is 172 Å². The molecule has 0 amide bonds. The topological polar surface area (TPSA) is 66.4 Å². The molecule has 0 aliphatic carbocycles. The summed E-state index contributed by atoms with van der Waals surface area (Å²) in [4.78, 5) is 17.9. The summed E-state index contributed by atoms with van der Waals surface area (Å²) >= 11 is 0. The monoisotopic (exact) mass is 420 g/mol. The van der Waals surface area contributed by atoms with Crippen molar-refractivity contribution in [2.24, 2.45) is 0 Å². The van der Waals surface area contributed by atoms with Gasteiger partial charge in [0.1, 0.15) is 11.6 Å². The van der Waals surface area contributed by atoms with Crippen LogP contribution in [0.1, 0.15) is 30.0 Å². The number of hydrogen-bond donors (Lipinski definition) is 1. The summed E-state index contributed by atoms with van der Waals surface area (Å²) in [5.41, 5.74) is 0.156. The molecule has 2 aromatic heterocycles. The Morgan fingerprint density at radius 2 is 2.03 bits per heavy atom. The van der Waals surface area contributed by atoms with Gasteiger partial charge in [-0.2, -0.15) is 18.2 Å². The minimum atomic E-state index is -4.43. The molecule has 3 unspecified atom stereocenters. The highest BCUT2D eigenvalue weighted by Crippen LogP contribution is 2.34. The number of nitrogens with one attached hydrogen (secondary N) is 1. The van der Waals surface area contributed by atoms with E-state index < -0.39 is 11.7 Å². The SMILES string of the molecule is CN1CCC(c2cc(Nc3cc(C(F)(F)F)ccn3)nc(N3CC4CC3CO4)n2)C1. The molecule has 10 heteroatoms. The van der Waals surface area contributed by atoms with Gasteiger partial charge in [0.2, 0.25) is 5.95 Å². The van der Waals surface area contributed by atoms with Crippen LogP contribution in [0.5, 0.6) is 0 Å². The molecular formula is C20H23F3N6O. The Bertz CT molecular complexity index is 939. The van der Waals surface area contributed by atoms with E-state index >= 15 is 0 Å². The van der Waals surface area contributed by atoms with Crippen molar-refractivity contribution in [2.75, 3.05) is 43.5 Å². The van der Waals surface area contributed by atoms with E-state index in [-0.39, 0.29) is 23.9 Å². The molecule has 0 radical (unpaired) electrons. The summed E-state index contributed by atoms with van der Waals surface area (Å²) in [5, 5.41) is 2.97. The molecule has 1 N–H and O–H groups in total. The quantitative estimate of drug-likeness (QED) is 0.816. The number of likely N-dealkylation sites (N-methyl/N-ethyl adjacent to an activating group) is 1. The van der Waals surface area contributed by atoms with E-state index in [9.17, 15) is 13.2 Å². The minimum Gasteiger partial charge on any atom is -0.374 e. The van der Waals surface area contributed by atoms with Crippen molar-refractivity contribution < 1.29 is 17.9 Å². The van der Waals surface area contributed by atoms with Gasteiger partial charge in [-0.3, -0.25) is 0 Å². The number of morpholine rings is 1. The number of likely N-dealkylation sites (tertiary alicyclic amines) is 1. The fourth-order valence-electron chi connectivity index (χ4n) is 4.48. The zero-order valence-corrected chi connectivity index (χ0v) is 16.6. The molecule has 0 saturated carbocycles. The molecule has 3 saturated heterocycles. The van der Waals surface area contributed by atoms with Crippen LogP contribution in [0.15, 0.2) is 24.4 Å². The molecule has 3 fully saturated rings. The summed E-state index contributed by atoms with van der Waals surface area (Å²) in [5.74, 6) is 1.44. The predicted octanol–water partition coefficient (Wildman–Crippen LogP) is 3.03. The van der Waals surface area contributed by atoms with Crippen LogP contribution in [0, 0.1) is 0 Å². The fraction of sp³-hybridized carbons (Fsp3) is 0.550. The summed E-state index contributed by atoms with van der Waals surface area (Å²) in [6.07, 6.45) is -1.14. The maximum absolute atomic E-state index is 13.1. The van der Waals surface area contributed by atoms with E-state index in [4.69, 9.17) is 9.72 Å². The first-order chi connectivity index (χ1) is 14.3. The van der Waals surface area contributed by atoms with Crippen LogP contribution >= 0.6 is 0 Å². The predicted molar refractivity (Wildman–Crippen MR) is 105 cm³/mol. The maximum Gasteiger partial charge on any atom is 0.416 e. The van der Waals surface area contributed by atoms with E-state index in [2.05, 4.69) is 32.1 Å². The molecule has 160 valence electrons. The first-order valence-corrected chi connectivity index (χ1v) is 10.1. The van der Waals surface area contributed by atoms with Gasteiger partial charge < -0.3 is 19.9 Å². The van der Waals surface area contributed by atoms with Gasteiger partial charge in [-0.1, -0.05) is 0 Å². The number of pyridine rings is 1. The van der Waals surface area contributed by atoms with Crippen molar-refractivity contribution in [3.05, 3.63) is 35.7 Å². The van der Waals surface area contributed by atoms with Crippen LogP contribution in [0.25, 0.3) is 0 Å². The number of fused-ring (bicyclic) bond motifs is 2. The van der Waals surface area contributed by atoms with Crippen LogP contribution in [0.3, 0.4) is 0 Å². The molecule has 0 aromatic carbocycles. The third-order valence-electron chi connectivity index (χ3n) is 6.04. The van der Waals surface area contributed by atoms with E-state index in [1.165, 1.54) is 0 Å². The van der Waals surface area contributed by atoms with Gasteiger partial charge in [0, 0.05) is 31.3 Å². The molecular weight excluding hydrogens is 397 g/mol. The Hall–Kier alpha value is -2.46. The molecule has 2 aromatic rings. The zero-order chi connectivity index (χ0) is 20.9. The van der Waals surface area contributed by atoms with Crippen LogP contribution in [-0.2, 0) is 10.9 Å². The van der Waals surface area contributed by atoms with E-state index in [1.54, 1.807) is 0 Å². The Balaban J connectivity index is 1.47. The normalized spacial score (nSPS) is 26.5. The molecule has 30 heavy (non-hydrogen) atoms. The first-order valence-electron chi connectivity index (χ1n) is 10.1. The van der Waals surface area contributed by atoms with Gasteiger partial charge in [-0.25, -0.2) is 9.97 Å². The highest BCUT2D eigenvalue weighted by Gasteiger charge is 2.40. The Kier molecular flexibility index (Phi) is 4.78. The van der Waals surface area contributed by atoms with Gasteiger partial charge in [-0.05, 0) is 38.6 Å². The summed E-state index contributed by atoms with van der Waals surface area (Å²) in [6.45, 7) is 3.28. The third kappa shape index (κ3) is 3.81. The second-order valence-corrected chi connectivity index (χ2v) is 8.28. The number of rotatable bonds is 4. The van der Waals surface area contributed by atoms with Crippen molar-refractivity contribution in [3.8, 4) is 0 Å². The number of aromatic nitrogens is 3. The molecule has 7 nitrogen and oxygen atoms in total. The van der Waals surface area contributed by atoms with Crippen molar-refractivity contribution in [3.63, 3.8) is 0 Å². The molecule has 5 rings (SSSR count). The average molecular weight is 420 g/mol. The van der Waals surface area contributed by atoms with Crippen LogP contribution in [0.2, 0.25) is 0 Å². The van der Waals surface area contributed by atoms with Gasteiger partial charge in [0.25, 0.3) is 0 Å². The summed E-state index contributed by atoms with van der Waals surface area (Å²) in [6, 6.07) is 4.03. The standard InChI is InChI=1S/C20H23F3N6O/c1-28-5-3-12(9-28)16-8-18(26-17-6-13(2-4-24-17)20(21,22)23)27-19(25-16)29-10-15-7-14(29)11-30-15/h2,4,6,8,12,14-15H,3,5,7,9-11H2,1H3,(H,24,25,26,27). The molecule has 3 aliphatic rings. The highest BCUT2D eigenvalue weighted by atomic mass is 19.4. The van der Waals surface area contributed by atoms with Crippen molar-refractivity contribution in [1.82, 2.24) is 19.9 Å². The average Bonchev–Trinajstić information content (AvgIpc) is 3.44.